The number of aromatic nitrogens is 2. The smallest absolute Gasteiger partial charge is 0.133 e. The number of halogens is 1. The van der Waals surface area contributed by atoms with Crippen molar-refractivity contribution in [1.29, 1.82) is 0 Å². The van der Waals surface area contributed by atoms with E-state index >= 15 is 0 Å². The molecule has 0 fully saturated rings. The Morgan fingerprint density at radius 1 is 1.33 bits per heavy atom. The molecule has 2 aromatic heterocycles. The van der Waals surface area contributed by atoms with Crippen molar-refractivity contribution >= 4 is 33.1 Å². The van der Waals surface area contributed by atoms with Crippen LogP contribution in [0.4, 0.5) is 5.82 Å². The van der Waals surface area contributed by atoms with E-state index in [1.807, 2.05) is 22.9 Å². The van der Waals surface area contributed by atoms with Gasteiger partial charge in [-0.05, 0) is 58.4 Å². The topological polar surface area (TPSA) is 29.9 Å². The van der Waals surface area contributed by atoms with Crippen LogP contribution < -0.4 is 5.32 Å². The third kappa shape index (κ3) is 2.12. The molecule has 0 spiro atoms. The van der Waals surface area contributed by atoms with Gasteiger partial charge in [0.1, 0.15) is 11.5 Å². The largest absolute Gasteiger partial charge is 0.369 e. The third-order valence-electron chi connectivity index (χ3n) is 3.70. The summed E-state index contributed by atoms with van der Waals surface area (Å²) in [7, 11) is 0. The molecule has 1 N–H and O–H groups in total. The molecule has 106 valence electrons. The second-order valence-electron chi connectivity index (χ2n) is 5.20. The van der Waals surface area contributed by atoms with Crippen molar-refractivity contribution < 1.29 is 0 Å². The average molecular weight is 360 g/mol. The molecule has 0 unspecified atom stereocenters. The number of nitrogens with zero attached hydrogens (tertiary/aromatic N) is 2. The standard InChI is InChI=1S/C16H14BrN3S/c1-10-8-14(21-9-10)15-11-6-7-18-16(11)20(19-15)13-5-3-2-4-12(13)17/h2-5,8-9,18H,6-7H2,1H3. The lowest BCUT2D eigenvalue weighted by atomic mass is 10.1. The van der Waals surface area contributed by atoms with E-state index in [1.165, 1.54) is 16.0 Å². The summed E-state index contributed by atoms with van der Waals surface area (Å²) in [4.78, 5) is 1.25. The van der Waals surface area contributed by atoms with Gasteiger partial charge in [0.2, 0.25) is 0 Å². The van der Waals surface area contributed by atoms with Gasteiger partial charge >= 0.3 is 0 Å². The van der Waals surface area contributed by atoms with E-state index in [0.717, 1.165) is 34.6 Å². The Morgan fingerprint density at radius 2 is 2.19 bits per heavy atom. The van der Waals surface area contributed by atoms with Gasteiger partial charge < -0.3 is 5.32 Å². The number of hydrogen-bond acceptors (Lipinski definition) is 3. The first-order chi connectivity index (χ1) is 10.2. The van der Waals surface area contributed by atoms with Crippen LogP contribution in [0.2, 0.25) is 0 Å². The Bertz CT molecular complexity index is 819. The molecular weight excluding hydrogens is 346 g/mol. The van der Waals surface area contributed by atoms with Crippen molar-refractivity contribution in [2.75, 3.05) is 11.9 Å². The predicted molar refractivity (Wildman–Crippen MR) is 91.5 cm³/mol. The molecule has 5 heteroatoms. The number of anilines is 1. The Kier molecular flexibility index (Phi) is 3.12. The van der Waals surface area contributed by atoms with Gasteiger partial charge in [0, 0.05) is 16.6 Å². The molecule has 3 heterocycles. The van der Waals surface area contributed by atoms with Gasteiger partial charge in [-0.15, -0.1) is 11.3 Å². The van der Waals surface area contributed by atoms with Crippen LogP contribution in [0.3, 0.4) is 0 Å². The number of nitrogens with one attached hydrogen (secondary N) is 1. The zero-order valence-corrected chi connectivity index (χ0v) is 14.0. The van der Waals surface area contributed by atoms with Crippen LogP contribution >= 0.6 is 27.3 Å². The zero-order chi connectivity index (χ0) is 14.4. The number of hydrogen-bond donors (Lipinski definition) is 1. The van der Waals surface area contributed by atoms with Crippen LogP contribution in [0.1, 0.15) is 11.1 Å². The highest BCUT2D eigenvalue weighted by Gasteiger charge is 2.25. The highest BCUT2D eigenvalue weighted by molar-refractivity contribution is 9.10. The molecule has 0 amide bonds. The van der Waals surface area contributed by atoms with Gasteiger partial charge in [-0.2, -0.15) is 5.10 Å². The van der Waals surface area contributed by atoms with Crippen molar-refractivity contribution in [3.63, 3.8) is 0 Å². The van der Waals surface area contributed by atoms with Gasteiger partial charge in [-0.25, -0.2) is 4.68 Å². The molecule has 1 aromatic carbocycles. The maximum Gasteiger partial charge on any atom is 0.133 e. The quantitative estimate of drug-likeness (QED) is 0.722. The molecule has 0 aliphatic carbocycles. The Labute approximate surface area is 135 Å². The zero-order valence-electron chi connectivity index (χ0n) is 11.6. The Hall–Kier alpha value is -1.59. The normalized spacial score (nSPS) is 13.2. The maximum atomic E-state index is 4.88. The van der Waals surface area contributed by atoms with Crippen molar-refractivity contribution in [2.45, 2.75) is 13.3 Å². The highest BCUT2D eigenvalue weighted by atomic mass is 79.9. The van der Waals surface area contributed by atoms with Crippen molar-refractivity contribution in [3.8, 4) is 16.3 Å². The van der Waals surface area contributed by atoms with E-state index in [0.29, 0.717) is 0 Å². The number of benzene rings is 1. The van der Waals surface area contributed by atoms with Crippen LogP contribution in [0.25, 0.3) is 16.3 Å². The van der Waals surface area contributed by atoms with Crippen LogP contribution in [-0.4, -0.2) is 16.3 Å². The number of para-hydroxylation sites is 1. The second-order valence-corrected chi connectivity index (χ2v) is 6.97. The van der Waals surface area contributed by atoms with Gasteiger partial charge in [-0.1, -0.05) is 12.1 Å². The molecule has 0 saturated heterocycles. The summed E-state index contributed by atoms with van der Waals surface area (Å²) >= 11 is 5.39. The lowest BCUT2D eigenvalue weighted by Crippen LogP contribution is -2.04. The summed E-state index contributed by atoms with van der Waals surface area (Å²) in [6.45, 7) is 3.11. The van der Waals surface area contributed by atoms with E-state index in [2.05, 4.69) is 45.7 Å². The summed E-state index contributed by atoms with van der Waals surface area (Å²) in [5.74, 6) is 1.13. The number of aryl methyl sites for hydroxylation is 1. The molecule has 0 saturated carbocycles. The summed E-state index contributed by atoms with van der Waals surface area (Å²) in [5.41, 5.74) is 4.81. The summed E-state index contributed by atoms with van der Waals surface area (Å²) < 4.78 is 3.08. The molecule has 3 nitrogen and oxygen atoms in total. The van der Waals surface area contributed by atoms with E-state index in [9.17, 15) is 0 Å². The summed E-state index contributed by atoms with van der Waals surface area (Å²) in [5, 5.41) is 10.5. The molecule has 0 atom stereocenters. The summed E-state index contributed by atoms with van der Waals surface area (Å²) in [6, 6.07) is 10.4. The second kappa shape index (κ2) is 5.00. The Balaban J connectivity index is 1.93. The Morgan fingerprint density at radius 3 is 2.95 bits per heavy atom. The lowest BCUT2D eigenvalue weighted by Gasteiger charge is -2.08. The van der Waals surface area contributed by atoms with E-state index in [-0.39, 0.29) is 0 Å². The van der Waals surface area contributed by atoms with Crippen molar-refractivity contribution in [2.24, 2.45) is 0 Å². The molecule has 0 radical (unpaired) electrons. The third-order valence-corrected chi connectivity index (χ3v) is 5.42. The highest BCUT2D eigenvalue weighted by Crippen LogP contribution is 2.38. The molecule has 3 aromatic rings. The first-order valence-electron chi connectivity index (χ1n) is 6.90. The fourth-order valence-corrected chi connectivity index (χ4v) is 4.09. The van der Waals surface area contributed by atoms with Crippen LogP contribution in [-0.2, 0) is 6.42 Å². The molecule has 21 heavy (non-hydrogen) atoms. The molecule has 1 aliphatic heterocycles. The fourth-order valence-electron chi connectivity index (χ4n) is 2.73. The first-order valence-corrected chi connectivity index (χ1v) is 8.57. The number of thiophene rings is 1. The van der Waals surface area contributed by atoms with Crippen LogP contribution in [0.5, 0.6) is 0 Å². The van der Waals surface area contributed by atoms with Gasteiger partial charge in [0.15, 0.2) is 0 Å². The number of rotatable bonds is 2. The van der Waals surface area contributed by atoms with Crippen LogP contribution in [0.15, 0.2) is 40.2 Å². The van der Waals surface area contributed by atoms with Crippen molar-refractivity contribution in [1.82, 2.24) is 9.78 Å². The lowest BCUT2D eigenvalue weighted by molar-refractivity contribution is 0.879. The van der Waals surface area contributed by atoms with Crippen molar-refractivity contribution in [3.05, 3.63) is 51.3 Å². The molecule has 0 bridgehead atoms. The van der Waals surface area contributed by atoms with E-state index in [4.69, 9.17) is 5.10 Å². The first kappa shape index (κ1) is 13.1. The van der Waals surface area contributed by atoms with Gasteiger partial charge in [0.05, 0.1) is 10.6 Å². The summed E-state index contributed by atoms with van der Waals surface area (Å²) in [6.07, 6.45) is 1.03. The van der Waals surface area contributed by atoms with Crippen LogP contribution in [0, 0.1) is 6.92 Å². The average Bonchev–Trinajstić information content (AvgIpc) is 3.15. The van der Waals surface area contributed by atoms with Gasteiger partial charge in [-0.3, -0.25) is 0 Å². The SMILES string of the molecule is Cc1csc(-c2nn(-c3ccccc3Br)c3c2CCN3)c1. The number of fused-ring (bicyclic) bond motifs is 1. The molecule has 1 aliphatic rings. The minimum absolute atomic E-state index is 0.981. The van der Waals surface area contributed by atoms with E-state index in [1.54, 1.807) is 11.3 Å². The minimum Gasteiger partial charge on any atom is -0.369 e. The fraction of sp³-hybridized carbons (Fsp3) is 0.188. The molecular formula is C16H14BrN3S. The predicted octanol–water partition coefficient (Wildman–Crippen LogP) is 4.64. The minimum atomic E-state index is 0.981. The van der Waals surface area contributed by atoms with E-state index < -0.39 is 0 Å². The molecule has 4 rings (SSSR count). The maximum absolute atomic E-state index is 4.88. The monoisotopic (exact) mass is 359 g/mol. The van der Waals surface area contributed by atoms with Gasteiger partial charge in [0.25, 0.3) is 0 Å².